The van der Waals surface area contributed by atoms with Crippen LogP contribution in [-0.2, 0) is 17.9 Å². The molecule has 22 heavy (non-hydrogen) atoms. The predicted molar refractivity (Wildman–Crippen MR) is 89.0 cm³/mol. The molecule has 0 amide bonds. The summed E-state index contributed by atoms with van der Waals surface area (Å²) in [5.74, 6) is 0. The molecule has 1 unspecified atom stereocenters. The van der Waals surface area contributed by atoms with Crippen LogP contribution in [0.15, 0.2) is 42.5 Å². The second kappa shape index (κ2) is 5.75. The zero-order valence-corrected chi connectivity index (χ0v) is 12.7. The van der Waals surface area contributed by atoms with Crippen LogP contribution < -0.4 is 0 Å². The van der Waals surface area contributed by atoms with E-state index in [1.165, 1.54) is 34.6 Å². The van der Waals surface area contributed by atoms with Crippen LogP contribution in [-0.4, -0.2) is 22.4 Å². The highest BCUT2D eigenvalue weighted by atomic mass is 16.5. The van der Waals surface area contributed by atoms with Gasteiger partial charge in [-0.2, -0.15) is 0 Å². The summed E-state index contributed by atoms with van der Waals surface area (Å²) in [6.07, 6.45) is 3.90. The average molecular weight is 295 g/mol. The summed E-state index contributed by atoms with van der Waals surface area (Å²) in [4.78, 5) is 0. The van der Waals surface area contributed by atoms with Crippen LogP contribution in [0.25, 0.3) is 21.8 Å². The molecule has 1 N–H and O–H groups in total. The van der Waals surface area contributed by atoms with E-state index < -0.39 is 0 Å². The third-order valence-corrected chi connectivity index (χ3v) is 4.68. The Morgan fingerprint density at radius 1 is 1.05 bits per heavy atom. The Morgan fingerprint density at radius 3 is 2.73 bits per heavy atom. The maximum atomic E-state index is 9.41. The number of para-hydroxylation sites is 1. The molecular weight excluding hydrogens is 274 g/mol. The third-order valence-electron chi connectivity index (χ3n) is 4.68. The molecule has 3 aromatic rings. The molecule has 4 rings (SSSR count). The zero-order valence-electron chi connectivity index (χ0n) is 12.7. The normalized spacial score (nSPS) is 19.0. The summed E-state index contributed by atoms with van der Waals surface area (Å²) in [5, 5.41) is 11.9. The molecule has 1 aliphatic rings. The summed E-state index contributed by atoms with van der Waals surface area (Å²) in [6.45, 7) is 1.88. The van der Waals surface area contributed by atoms with Crippen molar-refractivity contribution in [3.8, 4) is 0 Å². The molecule has 1 fully saturated rings. The number of aliphatic hydroxyl groups excluding tert-OH is 1. The van der Waals surface area contributed by atoms with E-state index >= 15 is 0 Å². The largest absolute Gasteiger partial charge is 0.392 e. The Morgan fingerprint density at radius 2 is 1.91 bits per heavy atom. The van der Waals surface area contributed by atoms with Crippen LogP contribution in [0.3, 0.4) is 0 Å². The minimum Gasteiger partial charge on any atom is -0.392 e. The number of hydrogen-bond donors (Lipinski definition) is 1. The highest BCUT2D eigenvalue weighted by Gasteiger charge is 2.18. The van der Waals surface area contributed by atoms with Gasteiger partial charge in [-0.05, 0) is 43.0 Å². The number of fused-ring (bicyclic) bond motifs is 3. The van der Waals surface area contributed by atoms with Crippen molar-refractivity contribution < 1.29 is 9.84 Å². The van der Waals surface area contributed by atoms with E-state index in [2.05, 4.69) is 41.0 Å². The van der Waals surface area contributed by atoms with Gasteiger partial charge in [0.25, 0.3) is 0 Å². The molecule has 1 saturated heterocycles. The maximum Gasteiger partial charge on any atom is 0.0754 e. The zero-order chi connectivity index (χ0) is 14.9. The van der Waals surface area contributed by atoms with Crippen LogP contribution in [0.1, 0.15) is 24.8 Å². The van der Waals surface area contributed by atoms with E-state index in [9.17, 15) is 5.11 Å². The molecule has 0 radical (unpaired) electrons. The van der Waals surface area contributed by atoms with E-state index in [0.29, 0.717) is 6.10 Å². The van der Waals surface area contributed by atoms with Gasteiger partial charge in [0.05, 0.1) is 12.7 Å². The Labute approximate surface area is 130 Å². The molecule has 0 aliphatic carbocycles. The van der Waals surface area contributed by atoms with Crippen LogP contribution in [0.5, 0.6) is 0 Å². The molecule has 0 spiro atoms. The molecule has 2 heterocycles. The number of ether oxygens (including phenoxy) is 1. The van der Waals surface area contributed by atoms with Gasteiger partial charge in [-0.15, -0.1) is 0 Å². The first-order valence-corrected chi connectivity index (χ1v) is 8.09. The number of benzene rings is 2. The Bertz CT molecular complexity index is 800. The van der Waals surface area contributed by atoms with E-state index in [1.807, 2.05) is 6.07 Å². The van der Waals surface area contributed by atoms with Crippen molar-refractivity contribution in [1.82, 2.24) is 4.57 Å². The van der Waals surface area contributed by atoms with Gasteiger partial charge in [0.1, 0.15) is 0 Å². The number of aliphatic hydroxyl groups is 1. The van der Waals surface area contributed by atoms with Gasteiger partial charge in [-0.3, -0.25) is 0 Å². The molecule has 0 bridgehead atoms. The molecule has 0 saturated carbocycles. The lowest BCUT2D eigenvalue weighted by Crippen LogP contribution is -2.24. The Balaban J connectivity index is 1.86. The topological polar surface area (TPSA) is 34.4 Å². The van der Waals surface area contributed by atoms with Crippen LogP contribution in [0.4, 0.5) is 0 Å². The first kappa shape index (κ1) is 13.8. The van der Waals surface area contributed by atoms with Gasteiger partial charge >= 0.3 is 0 Å². The molecule has 1 atom stereocenters. The molecule has 1 aliphatic heterocycles. The summed E-state index contributed by atoms with van der Waals surface area (Å²) in [5.41, 5.74) is 3.44. The monoisotopic (exact) mass is 295 g/mol. The third kappa shape index (κ3) is 2.31. The van der Waals surface area contributed by atoms with E-state index in [1.54, 1.807) is 0 Å². The van der Waals surface area contributed by atoms with Gasteiger partial charge in [0.15, 0.2) is 0 Å². The van der Waals surface area contributed by atoms with Crippen molar-refractivity contribution >= 4 is 21.8 Å². The van der Waals surface area contributed by atoms with Crippen LogP contribution in [0.2, 0.25) is 0 Å². The summed E-state index contributed by atoms with van der Waals surface area (Å²) in [7, 11) is 0. The van der Waals surface area contributed by atoms with Gasteiger partial charge in [-0.1, -0.05) is 24.3 Å². The molecule has 2 aromatic carbocycles. The Hall–Kier alpha value is -1.84. The van der Waals surface area contributed by atoms with Gasteiger partial charge in [0.2, 0.25) is 0 Å². The highest BCUT2D eigenvalue weighted by molar-refractivity contribution is 6.08. The van der Waals surface area contributed by atoms with Gasteiger partial charge in [-0.25, -0.2) is 0 Å². The lowest BCUT2D eigenvalue weighted by Gasteiger charge is -2.23. The van der Waals surface area contributed by atoms with Crippen molar-refractivity contribution in [2.75, 3.05) is 6.61 Å². The van der Waals surface area contributed by atoms with Crippen LogP contribution >= 0.6 is 0 Å². The fourth-order valence-corrected chi connectivity index (χ4v) is 3.55. The van der Waals surface area contributed by atoms with E-state index in [4.69, 9.17) is 4.74 Å². The first-order chi connectivity index (χ1) is 10.9. The Kier molecular flexibility index (Phi) is 3.60. The predicted octanol–water partition coefficient (Wildman–Crippen LogP) is 3.86. The molecular formula is C19H21NO2. The van der Waals surface area contributed by atoms with E-state index in [0.717, 1.165) is 25.1 Å². The number of nitrogens with zero attached hydrogens (tertiary/aromatic N) is 1. The molecule has 3 nitrogen and oxygen atoms in total. The minimum absolute atomic E-state index is 0.0845. The highest BCUT2D eigenvalue weighted by Crippen LogP contribution is 2.31. The van der Waals surface area contributed by atoms with Crippen molar-refractivity contribution in [1.29, 1.82) is 0 Å². The number of rotatable bonds is 3. The smallest absolute Gasteiger partial charge is 0.0754 e. The molecule has 114 valence electrons. The fourth-order valence-electron chi connectivity index (χ4n) is 3.55. The molecule has 3 heteroatoms. The van der Waals surface area contributed by atoms with Gasteiger partial charge < -0.3 is 14.4 Å². The average Bonchev–Trinajstić information content (AvgIpc) is 2.89. The minimum atomic E-state index is 0.0845. The van der Waals surface area contributed by atoms with Crippen LogP contribution in [0, 0.1) is 0 Å². The lowest BCUT2D eigenvalue weighted by molar-refractivity contribution is 0.00732. The summed E-state index contributed by atoms with van der Waals surface area (Å²) in [6, 6.07) is 14.8. The van der Waals surface area contributed by atoms with Crippen molar-refractivity contribution in [3.63, 3.8) is 0 Å². The van der Waals surface area contributed by atoms with Crippen molar-refractivity contribution in [2.45, 2.75) is 38.5 Å². The summed E-state index contributed by atoms with van der Waals surface area (Å²) < 4.78 is 8.31. The van der Waals surface area contributed by atoms with Gasteiger partial charge in [0, 0.05) is 35.0 Å². The van der Waals surface area contributed by atoms with Crippen molar-refractivity contribution in [3.05, 3.63) is 48.0 Å². The SMILES string of the molecule is OCc1ccc2c(c1)c1ccccc1n2CC1CCCCO1. The second-order valence-corrected chi connectivity index (χ2v) is 6.13. The maximum absolute atomic E-state index is 9.41. The fraction of sp³-hybridized carbons (Fsp3) is 0.368. The van der Waals surface area contributed by atoms with E-state index in [-0.39, 0.29) is 6.61 Å². The number of aromatic nitrogens is 1. The molecule has 1 aromatic heterocycles. The lowest BCUT2D eigenvalue weighted by atomic mass is 10.1. The van der Waals surface area contributed by atoms with Crippen molar-refractivity contribution in [2.24, 2.45) is 0 Å². The number of hydrogen-bond acceptors (Lipinski definition) is 2. The quantitative estimate of drug-likeness (QED) is 0.796. The standard InChI is InChI=1S/C19H21NO2/c21-13-14-8-9-19-17(11-14)16-6-1-2-7-18(16)20(19)12-15-5-3-4-10-22-15/h1-2,6-9,11,15,21H,3-5,10,12-13H2. The second-order valence-electron chi connectivity index (χ2n) is 6.13. The first-order valence-electron chi connectivity index (χ1n) is 8.09. The summed E-state index contributed by atoms with van der Waals surface area (Å²) >= 11 is 0.